The zero-order valence-corrected chi connectivity index (χ0v) is 14.5. The van der Waals surface area contributed by atoms with Crippen LogP contribution in [0.5, 0.6) is 0 Å². The molecule has 0 aliphatic carbocycles. The predicted octanol–water partition coefficient (Wildman–Crippen LogP) is -5.45. The molecule has 0 aromatic carbocycles. The molecule has 12 atom stereocenters. The van der Waals surface area contributed by atoms with Crippen LogP contribution in [0.25, 0.3) is 0 Å². The summed E-state index contributed by atoms with van der Waals surface area (Å²) < 4.78 is 25.7. The predicted molar refractivity (Wildman–Crippen MR) is 82.2 cm³/mol. The van der Waals surface area contributed by atoms with E-state index in [0.717, 1.165) is 0 Å². The summed E-state index contributed by atoms with van der Waals surface area (Å²) >= 11 is 0. The summed E-state index contributed by atoms with van der Waals surface area (Å²) in [5, 5.41) is 67.8. The minimum absolute atomic E-state index is 0.319. The molecule has 3 aliphatic heterocycles. The molecule has 3 fully saturated rings. The van der Waals surface area contributed by atoms with E-state index in [1.54, 1.807) is 0 Å². The van der Waals surface area contributed by atoms with Crippen molar-refractivity contribution in [3.8, 4) is 0 Å². The molecule has 7 N–H and O–H groups in total. The molecule has 0 bridgehead atoms. The first-order valence-corrected chi connectivity index (χ1v) is 8.66. The fourth-order valence-electron chi connectivity index (χ4n) is 3.16. The molecule has 0 amide bonds. The summed E-state index contributed by atoms with van der Waals surface area (Å²) in [5.41, 5.74) is 0. The largest absolute Gasteiger partial charge is 0.387 e. The molecule has 28 heavy (non-hydrogen) atoms. The Balaban J connectivity index is 1.47. The minimum atomic E-state index is -1.58. The first kappa shape index (κ1) is 21.9. The highest BCUT2D eigenvalue weighted by molar-refractivity contribution is 5.58. The number of aldehydes is 1. The van der Waals surface area contributed by atoms with Crippen LogP contribution in [0.3, 0.4) is 0 Å². The highest BCUT2D eigenvalue weighted by atomic mass is 16.7. The molecule has 0 aromatic rings. The Morgan fingerprint density at radius 3 is 1.64 bits per heavy atom. The second kappa shape index (κ2) is 8.91. The molecule has 3 saturated heterocycles. The smallest absolute Gasteiger partial charge is 0.187 e. The SMILES string of the molecule is O=C[C@@H]1O[C@@H](OC[C@@H]2O[C@@H](OC[C@@H]3O[C@@H](O)[C@H](O)[C@H]3O)[C@H](O)[C@H]2O)[C@H](O)[C@H]1O. The Morgan fingerprint density at radius 2 is 1.14 bits per heavy atom. The number of ether oxygens (including phenoxy) is 5. The molecular weight excluding hydrogens is 388 g/mol. The maximum absolute atomic E-state index is 10.7. The molecule has 13 nitrogen and oxygen atoms in total. The van der Waals surface area contributed by atoms with Crippen LogP contribution in [0.2, 0.25) is 0 Å². The van der Waals surface area contributed by atoms with E-state index in [9.17, 15) is 40.5 Å². The maximum atomic E-state index is 10.7. The van der Waals surface area contributed by atoms with Gasteiger partial charge in [0.2, 0.25) is 0 Å². The molecule has 0 aromatic heterocycles. The van der Waals surface area contributed by atoms with Gasteiger partial charge in [-0.1, -0.05) is 0 Å². The average Bonchev–Trinajstić information content (AvgIpc) is 3.21. The summed E-state index contributed by atoms with van der Waals surface area (Å²) in [5.74, 6) is 0. The second-order valence-electron chi connectivity index (χ2n) is 6.82. The van der Waals surface area contributed by atoms with Crippen molar-refractivity contribution in [1.82, 2.24) is 0 Å². The number of rotatable bonds is 7. The summed E-state index contributed by atoms with van der Waals surface area (Å²) in [6.07, 6.45) is -16.1. The van der Waals surface area contributed by atoms with Gasteiger partial charge in [0.15, 0.2) is 25.2 Å². The van der Waals surface area contributed by atoms with E-state index in [4.69, 9.17) is 23.7 Å². The third-order valence-electron chi connectivity index (χ3n) is 4.90. The van der Waals surface area contributed by atoms with E-state index in [2.05, 4.69) is 0 Å². The lowest BCUT2D eigenvalue weighted by atomic mass is 10.1. The lowest BCUT2D eigenvalue weighted by molar-refractivity contribution is -0.214. The van der Waals surface area contributed by atoms with Crippen LogP contribution in [0, 0.1) is 0 Å². The average molecular weight is 412 g/mol. The van der Waals surface area contributed by atoms with E-state index in [0.29, 0.717) is 6.29 Å². The molecule has 0 saturated carbocycles. The number of aliphatic hydroxyl groups excluding tert-OH is 7. The summed E-state index contributed by atoms with van der Waals surface area (Å²) in [6, 6.07) is 0. The normalized spacial score (nSPS) is 51.7. The van der Waals surface area contributed by atoms with Crippen molar-refractivity contribution in [3.63, 3.8) is 0 Å². The standard InChI is InChI=1S/C15H24O13/c16-1-4-7(17)11(21)14(27-4)25-3-6-9(19)12(22)15(28-6)24-2-5-8(18)10(20)13(23)26-5/h1,4-15,17-23H,2-3H2/t4-,5-,6-,7-,8-,9-,10+,11+,12+,13+,14+,15+/m0/s1. The zero-order valence-electron chi connectivity index (χ0n) is 14.5. The third-order valence-corrected chi connectivity index (χ3v) is 4.90. The third kappa shape index (κ3) is 4.21. The van der Waals surface area contributed by atoms with Gasteiger partial charge >= 0.3 is 0 Å². The van der Waals surface area contributed by atoms with Crippen molar-refractivity contribution < 1.29 is 64.2 Å². The number of hydrogen-bond acceptors (Lipinski definition) is 13. The Labute approximate surface area is 158 Å². The van der Waals surface area contributed by atoms with Crippen molar-refractivity contribution in [2.45, 2.75) is 73.8 Å². The fraction of sp³-hybridized carbons (Fsp3) is 0.933. The van der Waals surface area contributed by atoms with Gasteiger partial charge in [0.1, 0.15) is 54.9 Å². The van der Waals surface area contributed by atoms with Crippen molar-refractivity contribution in [3.05, 3.63) is 0 Å². The number of hydrogen-bond donors (Lipinski definition) is 7. The van der Waals surface area contributed by atoms with Gasteiger partial charge in [0.05, 0.1) is 13.2 Å². The van der Waals surface area contributed by atoms with Crippen LogP contribution >= 0.6 is 0 Å². The van der Waals surface area contributed by atoms with E-state index in [1.807, 2.05) is 0 Å². The first-order chi connectivity index (χ1) is 13.2. The summed E-state index contributed by atoms with van der Waals surface area (Å²) in [6.45, 7) is -0.715. The molecule has 0 unspecified atom stereocenters. The molecule has 3 rings (SSSR count). The lowest BCUT2D eigenvalue weighted by Gasteiger charge is -2.20. The van der Waals surface area contributed by atoms with Gasteiger partial charge in [-0.3, -0.25) is 0 Å². The van der Waals surface area contributed by atoms with Gasteiger partial charge in [0, 0.05) is 0 Å². The van der Waals surface area contributed by atoms with Gasteiger partial charge in [0.25, 0.3) is 0 Å². The van der Waals surface area contributed by atoms with Gasteiger partial charge in [-0.05, 0) is 0 Å². The molecular formula is C15H24O13. The molecule has 3 heterocycles. The van der Waals surface area contributed by atoms with Crippen LogP contribution in [0.15, 0.2) is 0 Å². The van der Waals surface area contributed by atoms with Crippen molar-refractivity contribution in [2.24, 2.45) is 0 Å². The number of carbonyl (C=O) groups excluding carboxylic acids is 1. The van der Waals surface area contributed by atoms with Crippen molar-refractivity contribution in [2.75, 3.05) is 13.2 Å². The monoisotopic (exact) mass is 412 g/mol. The Bertz CT molecular complexity index is 534. The molecule has 162 valence electrons. The minimum Gasteiger partial charge on any atom is -0.387 e. The van der Waals surface area contributed by atoms with Crippen LogP contribution in [-0.4, -0.2) is 129 Å². The molecule has 0 radical (unpaired) electrons. The van der Waals surface area contributed by atoms with Crippen molar-refractivity contribution in [1.29, 1.82) is 0 Å². The van der Waals surface area contributed by atoms with E-state index >= 15 is 0 Å². The summed E-state index contributed by atoms with van der Waals surface area (Å²) in [4.78, 5) is 10.7. The Kier molecular flexibility index (Phi) is 6.96. The van der Waals surface area contributed by atoms with Crippen LogP contribution < -0.4 is 0 Å². The fourth-order valence-corrected chi connectivity index (χ4v) is 3.16. The topological polar surface area (TPSA) is 205 Å². The Morgan fingerprint density at radius 1 is 0.643 bits per heavy atom. The van der Waals surface area contributed by atoms with Crippen LogP contribution in [0.4, 0.5) is 0 Å². The summed E-state index contributed by atoms with van der Waals surface area (Å²) in [7, 11) is 0. The first-order valence-electron chi connectivity index (χ1n) is 8.66. The van der Waals surface area contributed by atoms with E-state index in [1.165, 1.54) is 0 Å². The van der Waals surface area contributed by atoms with Gasteiger partial charge in [-0.15, -0.1) is 0 Å². The second-order valence-corrected chi connectivity index (χ2v) is 6.82. The van der Waals surface area contributed by atoms with Crippen molar-refractivity contribution >= 4 is 6.29 Å². The van der Waals surface area contributed by atoms with Gasteiger partial charge < -0.3 is 64.2 Å². The number of carbonyl (C=O) groups is 1. The number of aliphatic hydroxyl groups is 7. The van der Waals surface area contributed by atoms with Gasteiger partial charge in [-0.2, -0.15) is 0 Å². The molecule has 0 spiro atoms. The van der Waals surface area contributed by atoms with E-state index < -0.39 is 73.8 Å². The maximum Gasteiger partial charge on any atom is 0.187 e. The van der Waals surface area contributed by atoms with E-state index in [-0.39, 0.29) is 13.2 Å². The highest BCUT2D eigenvalue weighted by Crippen LogP contribution is 2.27. The van der Waals surface area contributed by atoms with Crippen LogP contribution in [-0.2, 0) is 28.5 Å². The highest BCUT2D eigenvalue weighted by Gasteiger charge is 2.48. The quantitative estimate of drug-likeness (QED) is 0.195. The zero-order chi connectivity index (χ0) is 20.6. The lowest BCUT2D eigenvalue weighted by Crippen LogP contribution is -2.39. The van der Waals surface area contributed by atoms with Crippen LogP contribution in [0.1, 0.15) is 0 Å². The molecule has 13 heteroatoms. The molecule has 3 aliphatic rings. The van der Waals surface area contributed by atoms with Gasteiger partial charge in [-0.25, -0.2) is 0 Å². The Hall–Kier alpha value is -0.810.